The monoisotopic (exact) mass is 281 g/mol. The van der Waals surface area contributed by atoms with Gasteiger partial charge in [0.25, 0.3) is 0 Å². The first-order chi connectivity index (χ1) is 9.11. The molecular weight excluding hydrogens is 258 g/mol. The van der Waals surface area contributed by atoms with E-state index in [1.54, 1.807) is 6.20 Å². The number of fused-ring (bicyclic) bond motifs is 1. The molecule has 4 heteroatoms. The van der Waals surface area contributed by atoms with E-state index in [9.17, 15) is 0 Å². The van der Waals surface area contributed by atoms with E-state index in [-0.39, 0.29) is 0 Å². The van der Waals surface area contributed by atoms with Crippen LogP contribution >= 0.6 is 11.6 Å². The molecule has 0 amide bonds. The largest absolute Gasteiger partial charge is 0.309 e. The lowest BCUT2D eigenvalue weighted by Gasteiger charge is -2.28. The molecule has 2 fully saturated rings. The van der Waals surface area contributed by atoms with E-state index in [0.29, 0.717) is 12.1 Å². The Morgan fingerprint density at radius 1 is 1.37 bits per heavy atom. The lowest BCUT2D eigenvalue weighted by molar-refractivity contribution is 0.321. The highest BCUT2D eigenvalue weighted by atomic mass is 35.5. The van der Waals surface area contributed by atoms with Crippen LogP contribution in [0.4, 0.5) is 0 Å². The summed E-state index contributed by atoms with van der Waals surface area (Å²) in [5, 5.41) is 8.94. The average molecular weight is 282 g/mol. The number of hydrogen-bond acceptors (Lipinski definition) is 2. The van der Waals surface area contributed by atoms with E-state index in [1.165, 1.54) is 25.0 Å². The van der Waals surface area contributed by atoms with E-state index < -0.39 is 0 Å². The summed E-state index contributed by atoms with van der Waals surface area (Å²) >= 11 is 6.42. The second-order valence-electron chi connectivity index (χ2n) is 6.44. The van der Waals surface area contributed by atoms with Crippen LogP contribution in [0.5, 0.6) is 0 Å². The van der Waals surface area contributed by atoms with E-state index >= 15 is 0 Å². The Bertz CT molecular complexity index is 444. The summed E-state index contributed by atoms with van der Waals surface area (Å²) in [6, 6.07) is 0.731. The third-order valence-corrected chi connectivity index (χ3v) is 5.04. The molecule has 1 heterocycles. The highest BCUT2D eigenvalue weighted by Crippen LogP contribution is 2.57. The quantitative estimate of drug-likeness (QED) is 0.889. The van der Waals surface area contributed by atoms with Crippen LogP contribution in [0.1, 0.15) is 57.8 Å². The fourth-order valence-corrected chi connectivity index (χ4v) is 4.04. The standard InChI is InChI=1S/C15H24ClN3/c1-4-17-14(12-6-10-5-11(10)7-12)15-13(16)8-18-19(15)9(2)3/h8-12,14,17H,4-7H2,1-3H3. The van der Waals surface area contributed by atoms with Gasteiger partial charge in [0, 0.05) is 6.04 Å². The van der Waals surface area contributed by atoms with Crippen molar-refractivity contribution in [2.75, 3.05) is 6.54 Å². The van der Waals surface area contributed by atoms with Gasteiger partial charge in [-0.05, 0) is 57.4 Å². The van der Waals surface area contributed by atoms with Crippen LogP contribution in [0.25, 0.3) is 0 Å². The van der Waals surface area contributed by atoms with E-state index in [1.807, 2.05) is 0 Å². The van der Waals surface area contributed by atoms with Crippen molar-refractivity contribution in [1.29, 1.82) is 0 Å². The highest BCUT2D eigenvalue weighted by Gasteiger charge is 2.48. The summed E-state index contributed by atoms with van der Waals surface area (Å²) in [6.45, 7) is 7.49. The van der Waals surface area contributed by atoms with Gasteiger partial charge in [-0.2, -0.15) is 5.10 Å². The predicted octanol–water partition coefficient (Wildman–Crippen LogP) is 3.81. The maximum atomic E-state index is 6.42. The van der Waals surface area contributed by atoms with Crippen LogP contribution < -0.4 is 5.32 Å². The third kappa shape index (κ3) is 2.43. The first kappa shape index (κ1) is 13.4. The lowest BCUT2D eigenvalue weighted by atomic mass is 9.91. The van der Waals surface area contributed by atoms with Gasteiger partial charge in [-0.3, -0.25) is 4.68 Å². The fourth-order valence-electron chi connectivity index (χ4n) is 3.79. The van der Waals surface area contributed by atoms with Gasteiger partial charge in [0.15, 0.2) is 0 Å². The second kappa shape index (κ2) is 5.10. The maximum absolute atomic E-state index is 6.42. The predicted molar refractivity (Wildman–Crippen MR) is 78.4 cm³/mol. The number of rotatable bonds is 5. The molecule has 3 atom stereocenters. The number of nitrogens with zero attached hydrogens (tertiary/aromatic N) is 2. The smallest absolute Gasteiger partial charge is 0.0834 e. The van der Waals surface area contributed by atoms with Gasteiger partial charge >= 0.3 is 0 Å². The second-order valence-corrected chi connectivity index (χ2v) is 6.85. The van der Waals surface area contributed by atoms with Gasteiger partial charge < -0.3 is 5.32 Å². The minimum atomic E-state index is 0.361. The molecule has 1 aromatic heterocycles. The molecule has 2 aliphatic rings. The zero-order valence-electron chi connectivity index (χ0n) is 12.1. The molecule has 1 aromatic rings. The molecule has 0 bridgehead atoms. The molecule has 2 aliphatic carbocycles. The number of aromatic nitrogens is 2. The Balaban J connectivity index is 1.88. The normalized spacial score (nSPS) is 30.7. The summed E-state index contributed by atoms with van der Waals surface area (Å²) in [5.41, 5.74) is 1.20. The van der Waals surface area contributed by atoms with E-state index in [4.69, 9.17) is 11.6 Å². The summed E-state index contributed by atoms with van der Waals surface area (Å²) < 4.78 is 2.10. The van der Waals surface area contributed by atoms with Crippen molar-refractivity contribution in [3.63, 3.8) is 0 Å². The van der Waals surface area contributed by atoms with Crippen molar-refractivity contribution < 1.29 is 0 Å². The molecule has 0 spiro atoms. The molecule has 3 rings (SSSR count). The van der Waals surface area contributed by atoms with Gasteiger partial charge in [0.05, 0.1) is 23.0 Å². The molecule has 0 aliphatic heterocycles. The number of hydrogen-bond donors (Lipinski definition) is 1. The molecule has 0 radical (unpaired) electrons. The molecule has 0 aromatic carbocycles. The summed E-state index contributed by atoms with van der Waals surface area (Å²) in [6.07, 6.45) is 5.99. The topological polar surface area (TPSA) is 29.9 Å². The Morgan fingerprint density at radius 2 is 2.05 bits per heavy atom. The van der Waals surface area contributed by atoms with Crippen molar-refractivity contribution in [3.8, 4) is 0 Å². The van der Waals surface area contributed by atoms with Crippen molar-refractivity contribution in [3.05, 3.63) is 16.9 Å². The van der Waals surface area contributed by atoms with Crippen molar-refractivity contribution >= 4 is 11.6 Å². The van der Waals surface area contributed by atoms with Gasteiger partial charge in [-0.1, -0.05) is 18.5 Å². The summed E-state index contributed by atoms with van der Waals surface area (Å²) in [7, 11) is 0. The number of halogens is 1. The Kier molecular flexibility index (Phi) is 3.61. The number of nitrogens with one attached hydrogen (secondary N) is 1. The molecule has 1 N–H and O–H groups in total. The zero-order valence-corrected chi connectivity index (χ0v) is 12.8. The molecule has 0 saturated heterocycles. The highest BCUT2D eigenvalue weighted by molar-refractivity contribution is 6.31. The Morgan fingerprint density at radius 3 is 2.63 bits per heavy atom. The van der Waals surface area contributed by atoms with E-state index in [2.05, 4.69) is 35.9 Å². The van der Waals surface area contributed by atoms with Gasteiger partial charge in [0.2, 0.25) is 0 Å². The Hall–Kier alpha value is -0.540. The molecular formula is C15H24ClN3. The first-order valence-electron chi connectivity index (χ1n) is 7.58. The molecule has 3 nitrogen and oxygen atoms in total. The van der Waals surface area contributed by atoms with Crippen molar-refractivity contribution in [2.45, 2.75) is 52.1 Å². The molecule has 106 valence electrons. The van der Waals surface area contributed by atoms with Crippen LogP contribution in [0.15, 0.2) is 6.20 Å². The SMILES string of the molecule is CCNC(c1c(Cl)cnn1C(C)C)C1CC2CC2C1. The summed E-state index contributed by atoms with van der Waals surface area (Å²) in [5.74, 6) is 2.73. The minimum Gasteiger partial charge on any atom is -0.309 e. The Labute approximate surface area is 120 Å². The molecule has 3 unspecified atom stereocenters. The van der Waals surface area contributed by atoms with E-state index in [0.717, 1.165) is 29.3 Å². The van der Waals surface area contributed by atoms with Gasteiger partial charge in [-0.25, -0.2) is 0 Å². The zero-order chi connectivity index (χ0) is 13.6. The van der Waals surface area contributed by atoms with Gasteiger partial charge in [-0.15, -0.1) is 0 Å². The lowest BCUT2D eigenvalue weighted by Crippen LogP contribution is -2.30. The van der Waals surface area contributed by atoms with Crippen molar-refractivity contribution in [1.82, 2.24) is 15.1 Å². The average Bonchev–Trinajstić information content (AvgIpc) is 2.81. The molecule has 19 heavy (non-hydrogen) atoms. The van der Waals surface area contributed by atoms with Crippen LogP contribution in [0.2, 0.25) is 5.02 Å². The van der Waals surface area contributed by atoms with Crippen LogP contribution in [0.3, 0.4) is 0 Å². The summed E-state index contributed by atoms with van der Waals surface area (Å²) in [4.78, 5) is 0. The third-order valence-electron chi connectivity index (χ3n) is 4.75. The van der Waals surface area contributed by atoms with Crippen LogP contribution in [-0.2, 0) is 0 Å². The molecule has 2 saturated carbocycles. The minimum absolute atomic E-state index is 0.361. The van der Waals surface area contributed by atoms with Crippen molar-refractivity contribution in [2.24, 2.45) is 17.8 Å². The first-order valence-corrected chi connectivity index (χ1v) is 7.95. The maximum Gasteiger partial charge on any atom is 0.0834 e. The fraction of sp³-hybridized carbons (Fsp3) is 0.800. The van der Waals surface area contributed by atoms with Crippen LogP contribution in [0, 0.1) is 17.8 Å². The van der Waals surface area contributed by atoms with Crippen LogP contribution in [-0.4, -0.2) is 16.3 Å². The van der Waals surface area contributed by atoms with Gasteiger partial charge in [0.1, 0.15) is 0 Å².